The van der Waals surface area contributed by atoms with Crippen LogP contribution < -0.4 is 10.1 Å². The third-order valence-corrected chi connectivity index (χ3v) is 5.82. The summed E-state index contributed by atoms with van der Waals surface area (Å²) < 4.78 is 6.49. The number of amides is 1. The lowest BCUT2D eigenvalue weighted by Crippen LogP contribution is -2.13. The monoisotopic (exact) mass is 534 g/mol. The quantitative estimate of drug-likeness (QED) is 0.262. The van der Waals surface area contributed by atoms with Crippen LogP contribution in [0.3, 0.4) is 0 Å². The fraction of sp³-hybridized carbons (Fsp3) is 0.0435. The molecule has 3 rings (SSSR count). The zero-order chi connectivity index (χ0) is 22.4. The second-order valence-electron chi connectivity index (χ2n) is 6.33. The molecule has 0 saturated heterocycles. The number of halogens is 4. The van der Waals surface area contributed by atoms with Crippen LogP contribution in [-0.4, -0.2) is 5.91 Å². The van der Waals surface area contributed by atoms with E-state index in [1.54, 1.807) is 54.6 Å². The number of benzene rings is 3. The predicted molar refractivity (Wildman–Crippen MR) is 129 cm³/mol. The van der Waals surface area contributed by atoms with E-state index in [9.17, 15) is 10.1 Å². The zero-order valence-corrected chi connectivity index (χ0v) is 19.7. The number of carbonyl (C=O) groups excluding carboxylic acids is 1. The van der Waals surface area contributed by atoms with Crippen molar-refractivity contribution in [1.82, 2.24) is 0 Å². The minimum absolute atomic E-state index is 0.0590. The van der Waals surface area contributed by atoms with E-state index in [-0.39, 0.29) is 5.57 Å². The van der Waals surface area contributed by atoms with Crippen molar-refractivity contribution in [1.29, 1.82) is 5.26 Å². The van der Waals surface area contributed by atoms with Gasteiger partial charge in [-0.25, -0.2) is 0 Å². The minimum atomic E-state index is -0.549. The molecular formula is C23H14BrCl3N2O2. The largest absolute Gasteiger partial charge is 0.488 e. The SMILES string of the molecule is N#C/C(=C\c1ccc(OCc2ccc(Cl)c(Cl)c2)c(Br)c1)C(=O)Nc1ccccc1Cl. The Balaban J connectivity index is 1.72. The lowest BCUT2D eigenvalue weighted by Gasteiger charge is -2.10. The van der Waals surface area contributed by atoms with Crippen LogP contribution >= 0.6 is 50.7 Å². The van der Waals surface area contributed by atoms with Crippen molar-refractivity contribution < 1.29 is 9.53 Å². The second-order valence-corrected chi connectivity index (χ2v) is 8.41. The van der Waals surface area contributed by atoms with Crippen LogP contribution in [0.25, 0.3) is 6.08 Å². The number of nitriles is 1. The summed E-state index contributed by atoms with van der Waals surface area (Å²) in [6, 6.07) is 19.2. The van der Waals surface area contributed by atoms with Crippen LogP contribution in [0.5, 0.6) is 5.75 Å². The molecule has 0 spiro atoms. The first-order valence-corrected chi connectivity index (χ1v) is 10.8. The number of para-hydroxylation sites is 1. The Labute approximate surface area is 203 Å². The molecule has 0 atom stereocenters. The topological polar surface area (TPSA) is 62.1 Å². The summed E-state index contributed by atoms with van der Waals surface area (Å²) in [5.74, 6) is 0.0499. The number of anilines is 1. The van der Waals surface area contributed by atoms with Crippen LogP contribution in [0.15, 0.2) is 70.7 Å². The van der Waals surface area contributed by atoms with Gasteiger partial charge in [-0.1, -0.05) is 59.1 Å². The summed E-state index contributed by atoms with van der Waals surface area (Å²) in [6.07, 6.45) is 1.49. The summed E-state index contributed by atoms with van der Waals surface area (Å²) in [6.45, 7) is 0.300. The van der Waals surface area contributed by atoms with Gasteiger partial charge < -0.3 is 10.1 Å². The van der Waals surface area contributed by atoms with Gasteiger partial charge in [0.05, 0.1) is 25.2 Å². The number of hydrogen-bond donors (Lipinski definition) is 1. The first-order valence-electron chi connectivity index (χ1n) is 8.91. The van der Waals surface area contributed by atoms with Gasteiger partial charge in [0.15, 0.2) is 0 Å². The maximum Gasteiger partial charge on any atom is 0.266 e. The highest BCUT2D eigenvalue weighted by Crippen LogP contribution is 2.29. The third-order valence-electron chi connectivity index (χ3n) is 4.13. The van der Waals surface area contributed by atoms with Crippen molar-refractivity contribution in [3.8, 4) is 11.8 Å². The van der Waals surface area contributed by atoms with E-state index in [1.807, 2.05) is 12.1 Å². The first-order chi connectivity index (χ1) is 14.9. The minimum Gasteiger partial charge on any atom is -0.488 e. The van der Waals surface area contributed by atoms with Gasteiger partial charge in [0, 0.05) is 0 Å². The molecule has 156 valence electrons. The van der Waals surface area contributed by atoms with E-state index in [4.69, 9.17) is 39.5 Å². The maximum atomic E-state index is 12.4. The molecular weight excluding hydrogens is 523 g/mol. The van der Waals surface area contributed by atoms with Gasteiger partial charge >= 0.3 is 0 Å². The van der Waals surface area contributed by atoms with Crippen LogP contribution in [0.2, 0.25) is 15.1 Å². The summed E-state index contributed by atoms with van der Waals surface area (Å²) in [5, 5.41) is 13.4. The number of nitrogens with one attached hydrogen (secondary N) is 1. The molecule has 31 heavy (non-hydrogen) atoms. The highest BCUT2D eigenvalue weighted by molar-refractivity contribution is 9.10. The van der Waals surface area contributed by atoms with Crippen molar-refractivity contribution in [3.63, 3.8) is 0 Å². The Morgan fingerprint density at radius 2 is 1.81 bits per heavy atom. The highest BCUT2D eigenvalue weighted by atomic mass is 79.9. The zero-order valence-electron chi connectivity index (χ0n) is 15.8. The van der Waals surface area contributed by atoms with Gasteiger partial charge in [-0.3, -0.25) is 4.79 Å². The molecule has 0 bridgehead atoms. The summed E-state index contributed by atoms with van der Waals surface area (Å²) in [7, 11) is 0. The molecule has 0 saturated carbocycles. The van der Waals surface area contributed by atoms with Crippen LogP contribution in [0, 0.1) is 11.3 Å². The van der Waals surface area contributed by atoms with Gasteiger partial charge in [-0.05, 0) is 69.5 Å². The van der Waals surface area contributed by atoms with E-state index in [0.717, 1.165) is 5.56 Å². The molecule has 8 heteroatoms. The molecule has 0 aliphatic carbocycles. The van der Waals surface area contributed by atoms with Crippen molar-refractivity contribution >= 4 is 68.4 Å². The molecule has 0 heterocycles. The van der Waals surface area contributed by atoms with Crippen molar-refractivity contribution in [2.24, 2.45) is 0 Å². The number of rotatable bonds is 6. The van der Waals surface area contributed by atoms with E-state index >= 15 is 0 Å². The summed E-state index contributed by atoms with van der Waals surface area (Å²) in [5.41, 5.74) is 1.90. The third kappa shape index (κ3) is 6.25. The molecule has 4 nitrogen and oxygen atoms in total. The average molecular weight is 537 g/mol. The second kappa shape index (κ2) is 10.7. The Hall–Kier alpha value is -2.49. The molecule has 0 aliphatic rings. The molecule has 3 aromatic carbocycles. The van der Waals surface area contributed by atoms with Gasteiger partial charge in [0.1, 0.15) is 24.0 Å². The smallest absolute Gasteiger partial charge is 0.266 e. The molecule has 0 unspecified atom stereocenters. The van der Waals surface area contributed by atoms with E-state index in [0.29, 0.717) is 43.1 Å². The fourth-order valence-electron chi connectivity index (χ4n) is 2.58. The number of ether oxygens (including phenoxy) is 1. The number of hydrogen-bond acceptors (Lipinski definition) is 3. The Kier molecular flexibility index (Phi) is 8.00. The molecule has 0 aliphatic heterocycles. The van der Waals surface area contributed by atoms with E-state index < -0.39 is 5.91 Å². The van der Waals surface area contributed by atoms with E-state index in [1.165, 1.54) is 6.08 Å². The van der Waals surface area contributed by atoms with E-state index in [2.05, 4.69) is 21.2 Å². The standard InChI is InChI=1S/C23H14BrCl3N2O2/c24-17-10-14(6-8-22(17)31-13-15-5-7-18(25)20(27)11-15)9-16(12-28)23(30)29-21-4-2-1-3-19(21)26/h1-11H,13H2,(H,29,30)/b16-9+. The molecule has 3 aromatic rings. The van der Waals surface area contributed by atoms with Crippen molar-refractivity contribution in [3.05, 3.63) is 96.9 Å². The lowest BCUT2D eigenvalue weighted by atomic mass is 10.1. The summed E-state index contributed by atoms with van der Waals surface area (Å²) >= 11 is 21.5. The van der Waals surface area contributed by atoms with Gasteiger partial charge in [-0.15, -0.1) is 0 Å². The van der Waals surface area contributed by atoms with Crippen LogP contribution in [0.4, 0.5) is 5.69 Å². The van der Waals surface area contributed by atoms with Crippen LogP contribution in [-0.2, 0) is 11.4 Å². The molecule has 1 amide bonds. The molecule has 0 radical (unpaired) electrons. The maximum absolute atomic E-state index is 12.4. The molecule has 0 aromatic heterocycles. The predicted octanol–water partition coefficient (Wildman–Crippen LogP) is 7.53. The highest BCUT2D eigenvalue weighted by Gasteiger charge is 2.12. The first kappa shape index (κ1) is 23.2. The molecule has 0 fully saturated rings. The van der Waals surface area contributed by atoms with Crippen LogP contribution in [0.1, 0.15) is 11.1 Å². The Morgan fingerprint density at radius 1 is 1.03 bits per heavy atom. The van der Waals surface area contributed by atoms with Gasteiger partial charge in [-0.2, -0.15) is 5.26 Å². The van der Waals surface area contributed by atoms with Gasteiger partial charge in [0.2, 0.25) is 0 Å². The Bertz CT molecular complexity index is 1210. The average Bonchev–Trinajstić information content (AvgIpc) is 2.75. The van der Waals surface area contributed by atoms with Crippen molar-refractivity contribution in [2.45, 2.75) is 6.61 Å². The fourth-order valence-corrected chi connectivity index (χ4v) is 3.60. The molecule has 1 N–H and O–H groups in total. The number of nitrogens with zero attached hydrogens (tertiary/aromatic N) is 1. The summed E-state index contributed by atoms with van der Waals surface area (Å²) in [4.78, 5) is 12.4. The lowest BCUT2D eigenvalue weighted by molar-refractivity contribution is -0.112. The Morgan fingerprint density at radius 3 is 2.48 bits per heavy atom. The van der Waals surface area contributed by atoms with Crippen molar-refractivity contribution in [2.75, 3.05) is 5.32 Å². The normalized spacial score (nSPS) is 11.0. The van der Waals surface area contributed by atoms with Gasteiger partial charge in [0.25, 0.3) is 5.91 Å². The number of carbonyl (C=O) groups is 1.